The van der Waals surface area contributed by atoms with Crippen molar-refractivity contribution in [2.24, 2.45) is 11.8 Å². The van der Waals surface area contributed by atoms with Crippen LogP contribution in [-0.2, 0) is 0 Å². The molecule has 2 rings (SSSR count). The monoisotopic (exact) mass is 278 g/mol. The standard InChI is InChI=1S/C14H18N2O4/c1-9-6-10(2)8-15(7-9)14(18)11-4-3-5-12(13(11)17)16(19)20/h3-5,9-10,17H,6-8H2,1-2H3. The molecule has 1 amide bonds. The van der Waals surface area contributed by atoms with E-state index >= 15 is 0 Å². The van der Waals surface area contributed by atoms with Crippen LogP contribution in [0.4, 0.5) is 5.69 Å². The Morgan fingerprint density at radius 1 is 1.35 bits per heavy atom. The highest BCUT2D eigenvalue weighted by atomic mass is 16.6. The lowest BCUT2D eigenvalue weighted by molar-refractivity contribution is -0.385. The molecule has 1 saturated heterocycles. The minimum Gasteiger partial charge on any atom is -0.502 e. The zero-order valence-electron chi connectivity index (χ0n) is 11.6. The highest BCUT2D eigenvalue weighted by Crippen LogP contribution is 2.31. The summed E-state index contributed by atoms with van der Waals surface area (Å²) in [5.41, 5.74) is -0.436. The summed E-state index contributed by atoms with van der Waals surface area (Å²) >= 11 is 0. The average Bonchev–Trinajstić information content (AvgIpc) is 2.36. The van der Waals surface area contributed by atoms with Crippen LogP contribution in [0.3, 0.4) is 0 Å². The summed E-state index contributed by atoms with van der Waals surface area (Å²) in [6.45, 7) is 5.38. The van der Waals surface area contributed by atoms with Gasteiger partial charge in [-0.05, 0) is 24.3 Å². The molecule has 6 nitrogen and oxygen atoms in total. The Balaban J connectivity index is 2.29. The number of amides is 1. The molecule has 1 aliphatic heterocycles. The summed E-state index contributed by atoms with van der Waals surface area (Å²) in [7, 11) is 0. The van der Waals surface area contributed by atoms with Crippen LogP contribution in [0.5, 0.6) is 5.75 Å². The van der Waals surface area contributed by atoms with Crippen molar-refractivity contribution in [3.8, 4) is 5.75 Å². The number of carbonyl (C=O) groups is 1. The number of para-hydroxylation sites is 1. The van der Waals surface area contributed by atoms with E-state index in [9.17, 15) is 20.0 Å². The lowest BCUT2D eigenvalue weighted by Gasteiger charge is -2.35. The fraction of sp³-hybridized carbons (Fsp3) is 0.500. The van der Waals surface area contributed by atoms with Crippen molar-refractivity contribution < 1.29 is 14.8 Å². The van der Waals surface area contributed by atoms with Gasteiger partial charge in [0.2, 0.25) is 5.75 Å². The highest BCUT2D eigenvalue weighted by Gasteiger charge is 2.29. The summed E-state index contributed by atoms with van der Waals surface area (Å²) < 4.78 is 0. The SMILES string of the molecule is CC1CC(C)CN(C(=O)c2cccc([N+](=O)[O-])c2O)C1. The number of likely N-dealkylation sites (tertiary alicyclic amines) is 1. The first kappa shape index (κ1) is 14.3. The van der Waals surface area contributed by atoms with Crippen molar-refractivity contribution in [2.45, 2.75) is 20.3 Å². The van der Waals surface area contributed by atoms with Crippen molar-refractivity contribution in [1.82, 2.24) is 4.90 Å². The Hall–Kier alpha value is -2.11. The Morgan fingerprint density at radius 3 is 2.50 bits per heavy atom. The normalized spacial score (nSPS) is 22.6. The molecule has 0 bridgehead atoms. The zero-order chi connectivity index (χ0) is 14.9. The van der Waals surface area contributed by atoms with Gasteiger partial charge in [0.15, 0.2) is 0 Å². The number of benzene rings is 1. The number of phenols is 1. The van der Waals surface area contributed by atoms with E-state index in [-0.39, 0.29) is 11.5 Å². The number of phenolic OH excluding ortho intramolecular Hbond substituents is 1. The molecule has 1 aromatic carbocycles. The molecule has 1 heterocycles. The first-order valence-corrected chi connectivity index (χ1v) is 6.65. The van der Waals surface area contributed by atoms with Gasteiger partial charge < -0.3 is 10.0 Å². The van der Waals surface area contributed by atoms with Crippen LogP contribution in [0.25, 0.3) is 0 Å². The van der Waals surface area contributed by atoms with Crippen LogP contribution in [0.2, 0.25) is 0 Å². The topological polar surface area (TPSA) is 83.7 Å². The van der Waals surface area contributed by atoms with Crippen LogP contribution in [0.15, 0.2) is 18.2 Å². The molecule has 0 radical (unpaired) electrons. The van der Waals surface area contributed by atoms with E-state index in [0.717, 1.165) is 6.42 Å². The Kier molecular flexibility index (Phi) is 3.92. The molecule has 2 atom stereocenters. The lowest BCUT2D eigenvalue weighted by atomic mass is 9.91. The molecule has 1 fully saturated rings. The molecule has 1 aromatic rings. The van der Waals surface area contributed by atoms with E-state index in [1.807, 2.05) is 0 Å². The Labute approximate surface area is 117 Å². The van der Waals surface area contributed by atoms with Gasteiger partial charge in [-0.3, -0.25) is 14.9 Å². The fourth-order valence-electron chi connectivity index (χ4n) is 2.85. The summed E-state index contributed by atoms with van der Waals surface area (Å²) in [6.07, 6.45) is 1.06. The summed E-state index contributed by atoms with van der Waals surface area (Å²) in [5.74, 6) is -0.106. The van der Waals surface area contributed by atoms with E-state index in [2.05, 4.69) is 13.8 Å². The lowest BCUT2D eigenvalue weighted by Crippen LogP contribution is -2.42. The van der Waals surface area contributed by atoms with Crippen LogP contribution in [0, 0.1) is 22.0 Å². The average molecular weight is 278 g/mol. The molecule has 1 aliphatic rings. The van der Waals surface area contributed by atoms with E-state index < -0.39 is 16.4 Å². The minimum absolute atomic E-state index is 0.000463. The Morgan fingerprint density at radius 2 is 1.95 bits per heavy atom. The van der Waals surface area contributed by atoms with Gasteiger partial charge in [-0.2, -0.15) is 0 Å². The van der Waals surface area contributed by atoms with E-state index in [1.165, 1.54) is 18.2 Å². The molecule has 0 aromatic heterocycles. The quantitative estimate of drug-likeness (QED) is 0.665. The third kappa shape index (κ3) is 2.74. The summed E-state index contributed by atoms with van der Waals surface area (Å²) in [5, 5.41) is 20.7. The van der Waals surface area contributed by atoms with Gasteiger partial charge in [-0.1, -0.05) is 19.9 Å². The highest BCUT2D eigenvalue weighted by molar-refractivity contribution is 5.98. The van der Waals surface area contributed by atoms with Gasteiger partial charge >= 0.3 is 5.69 Å². The number of rotatable bonds is 2. The second-order valence-corrected chi connectivity index (χ2v) is 5.59. The summed E-state index contributed by atoms with van der Waals surface area (Å²) in [6, 6.07) is 4.03. The summed E-state index contributed by atoms with van der Waals surface area (Å²) in [4.78, 5) is 24.2. The van der Waals surface area contributed by atoms with Crippen molar-refractivity contribution in [3.05, 3.63) is 33.9 Å². The molecule has 1 N–H and O–H groups in total. The molecular formula is C14H18N2O4. The first-order valence-electron chi connectivity index (χ1n) is 6.65. The third-order valence-electron chi connectivity index (χ3n) is 3.60. The predicted octanol–water partition coefficient (Wildman–Crippen LogP) is 2.42. The van der Waals surface area contributed by atoms with Gasteiger partial charge in [0.05, 0.1) is 10.5 Å². The third-order valence-corrected chi connectivity index (χ3v) is 3.60. The van der Waals surface area contributed by atoms with Crippen molar-refractivity contribution in [3.63, 3.8) is 0 Å². The van der Waals surface area contributed by atoms with E-state index in [0.29, 0.717) is 24.9 Å². The predicted molar refractivity (Wildman–Crippen MR) is 73.6 cm³/mol. The second kappa shape index (κ2) is 5.48. The molecule has 6 heteroatoms. The molecule has 20 heavy (non-hydrogen) atoms. The first-order chi connectivity index (χ1) is 9.40. The number of nitrogens with zero attached hydrogens (tertiary/aromatic N) is 2. The fourth-order valence-corrected chi connectivity index (χ4v) is 2.85. The van der Waals surface area contributed by atoms with Gasteiger partial charge in [0.1, 0.15) is 0 Å². The molecule has 0 aliphatic carbocycles. The number of aromatic hydroxyl groups is 1. The zero-order valence-corrected chi connectivity index (χ0v) is 11.6. The number of carbonyl (C=O) groups excluding carboxylic acids is 1. The molecule has 0 saturated carbocycles. The molecule has 108 valence electrons. The van der Waals surface area contributed by atoms with Crippen LogP contribution < -0.4 is 0 Å². The van der Waals surface area contributed by atoms with Gasteiger partial charge in [-0.25, -0.2) is 0 Å². The maximum atomic E-state index is 12.4. The Bertz CT molecular complexity index is 534. The maximum absolute atomic E-state index is 12.4. The molecular weight excluding hydrogens is 260 g/mol. The van der Waals surface area contributed by atoms with E-state index in [1.54, 1.807) is 4.90 Å². The maximum Gasteiger partial charge on any atom is 0.311 e. The number of piperidine rings is 1. The van der Waals surface area contributed by atoms with Crippen LogP contribution >= 0.6 is 0 Å². The van der Waals surface area contributed by atoms with E-state index in [4.69, 9.17) is 0 Å². The smallest absolute Gasteiger partial charge is 0.311 e. The molecule has 0 spiro atoms. The van der Waals surface area contributed by atoms with Crippen LogP contribution in [-0.4, -0.2) is 33.9 Å². The second-order valence-electron chi connectivity index (χ2n) is 5.59. The largest absolute Gasteiger partial charge is 0.502 e. The number of hydrogen-bond acceptors (Lipinski definition) is 4. The van der Waals surface area contributed by atoms with Crippen LogP contribution in [0.1, 0.15) is 30.6 Å². The molecule has 2 unspecified atom stereocenters. The number of nitro groups is 1. The van der Waals surface area contributed by atoms with Crippen molar-refractivity contribution in [1.29, 1.82) is 0 Å². The minimum atomic E-state index is -0.687. The van der Waals surface area contributed by atoms with Crippen molar-refractivity contribution in [2.75, 3.05) is 13.1 Å². The number of nitro benzene ring substituents is 1. The van der Waals surface area contributed by atoms with Crippen molar-refractivity contribution >= 4 is 11.6 Å². The van der Waals surface area contributed by atoms with Gasteiger partial charge in [0, 0.05) is 19.2 Å². The number of hydrogen-bond donors (Lipinski definition) is 1. The van der Waals surface area contributed by atoms with Gasteiger partial charge in [0.25, 0.3) is 5.91 Å². The van der Waals surface area contributed by atoms with Gasteiger partial charge in [-0.15, -0.1) is 0 Å².